The van der Waals surface area contributed by atoms with Gasteiger partial charge in [0.1, 0.15) is 11.9 Å². The lowest BCUT2D eigenvalue weighted by molar-refractivity contribution is 0.112. The Kier molecular flexibility index (Phi) is 6.40. The predicted octanol–water partition coefficient (Wildman–Crippen LogP) is 4.34. The fourth-order valence-electron chi connectivity index (χ4n) is 4.28. The summed E-state index contributed by atoms with van der Waals surface area (Å²) in [6.07, 6.45) is 1.94. The Morgan fingerprint density at radius 2 is 2.00 bits per heavy atom. The van der Waals surface area contributed by atoms with Crippen molar-refractivity contribution in [3.63, 3.8) is 0 Å². The predicted molar refractivity (Wildman–Crippen MR) is 116 cm³/mol. The third-order valence-electron chi connectivity index (χ3n) is 5.76. The number of benzene rings is 2. The van der Waals surface area contributed by atoms with Crippen molar-refractivity contribution in [2.45, 2.75) is 25.5 Å². The van der Waals surface area contributed by atoms with E-state index >= 15 is 0 Å². The van der Waals surface area contributed by atoms with Crippen molar-refractivity contribution >= 4 is 22.0 Å². The zero-order valence-electron chi connectivity index (χ0n) is 16.7. The molecule has 0 radical (unpaired) electrons. The maximum absolute atomic E-state index is 12.2. The monoisotopic (exact) mass is 458 g/mol. The van der Waals surface area contributed by atoms with Crippen LogP contribution in [-0.2, 0) is 17.7 Å². The van der Waals surface area contributed by atoms with E-state index in [-0.39, 0.29) is 12.2 Å². The van der Waals surface area contributed by atoms with Gasteiger partial charge in [-0.15, -0.1) is 0 Å². The van der Waals surface area contributed by atoms with Gasteiger partial charge in [-0.25, -0.2) is 4.79 Å². The standard InChI is InChI=1S/C23H27BrN2O3/c1-28-20-7-8-22(24)19(12-20)11-18-9-10-25(13-18)15-21-16-26(23(27)29-21)14-17-5-3-2-4-6-17/h2-8,12,18,21H,9-11,13-16H2,1H3. The highest BCUT2D eigenvalue weighted by Crippen LogP contribution is 2.29. The molecule has 0 spiro atoms. The van der Waals surface area contributed by atoms with Crippen LogP contribution < -0.4 is 4.74 Å². The molecule has 2 unspecified atom stereocenters. The number of methoxy groups -OCH3 is 1. The third-order valence-corrected chi connectivity index (χ3v) is 6.53. The van der Waals surface area contributed by atoms with Crippen LogP contribution in [-0.4, -0.2) is 55.3 Å². The van der Waals surface area contributed by atoms with E-state index in [0.717, 1.165) is 48.3 Å². The molecule has 2 saturated heterocycles. The first-order valence-corrected chi connectivity index (χ1v) is 10.9. The zero-order valence-corrected chi connectivity index (χ0v) is 18.3. The van der Waals surface area contributed by atoms with E-state index in [4.69, 9.17) is 9.47 Å². The number of rotatable bonds is 7. The summed E-state index contributed by atoms with van der Waals surface area (Å²) in [5.74, 6) is 1.50. The SMILES string of the molecule is COc1ccc(Br)c(CC2CCN(CC3CN(Cc4ccccc4)C(=O)O3)C2)c1. The van der Waals surface area contributed by atoms with Gasteiger partial charge in [0.05, 0.1) is 13.7 Å². The Morgan fingerprint density at radius 1 is 1.17 bits per heavy atom. The van der Waals surface area contributed by atoms with Gasteiger partial charge in [0.2, 0.25) is 0 Å². The van der Waals surface area contributed by atoms with E-state index in [0.29, 0.717) is 19.0 Å². The maximum Gasteiger partial charge on any atom is 0.410 e. The molecule has 29 heavy (non-hydrogen) atoms. The topological polar surface area (TPSA) is 42.0 Å². The molecule has 4 rings (SSSR count). The molecule has 0 aromatic heterocycles. The summed E-state index contributed by atoms with van der Waals surface area (Å²) < 4.78 is 12.1. The van der Waals surface area contributed by atoms with Crippen LogP contribution in [0, 0.1) is 5.92 Å². The first-order chi connectivity index (χ1) is 14.1. The fourth-order valence-corrected chi connectivity index (χ4v) is 4.69. The number of ether oxygens (including phenoxy) is 2. The van der Waals surface area contributed by atoms with Gasteiger partial charge in [-0.2, -0.15) is 0 Å². The Bertz CT molecular complexity index is 845. The zero-order chi connectivity index (χ0) is 20.2. The molecule has 2 aliphatic rings. The Labute approximate surface area is 180 Å². The van der Waals surface area contributed by atoms with Crippen LogP contribution in [0.25, 0.3) is 0 Å². The molecular formula is C23H27BrN2O3. The first-order valence-electron chi connectivity index (χ1n) is 10.1. The number of carbonyl (C=O) groups excluding carboxylic acids is 1. The lowest BCUT2D eigenvalue weighted by atomic mass is 9.98. The first kappa shape index (κ1) is 20.2. The van der Waals surface area contributed by atoms with Crippen LogP contribution in [0.2, 0.25) is 0 Å². The van der Waals surface area contributed by atoms with Gasteiger partial charge in [-0.3, -0.25) is 4.90 Å². The summed E-state index contributed by atoms with van der Waals surface area (Å²) in [5.41, 5.74) is 2.42. The normalized spacial score (nSPS) is 22.1. The van der Waals surface area contributed by atoms with Gasteiger partial charge in [-0.1, -0.05) is 46.3 Å². The smallest absolute Gasteiger partial charge is 0.410 e. The molecule has 0 N–H and O–H groups in total. The van der Waals surface area contributed by atoms with E-state index in [1.165, 1.54) is 5.56 Å². The Balaban J connectivity index is 1.28. The number of likely N-dealkylation sites (tertiary alicyclic amines) is 1. The molecule has 2 aliphatic heterocycles. The number of halogens is 1. The minimum absolute atomic E-state index is 0.0477. The van der Waals surface area contributed by atoms with Crippen LogP contribution in [0.4, 0.5) is 4.79 Å². The molecule has 0 bridgehead atoms. The summed E-state index contributed by atoms with van der Waals surface area (Å²) in [6, 6.07) is 16.2. The lowest BCUT2D eigenvalue weighted by Crippen LogP contribution is -2.33. The summed E-state index contributed by atoms with van der Waals surface area (Å²) in [7, 11) is 1.70. The molecule has 1 amide bonds. The number of amides is 1. The Morgan fingerprint density at radius 3 is 2.79 bits per heavy atom. The molecule has 0 aliphatic carbocycles. The van der Waals surface area contributed by atoms with Crippen molar-refractivity contribution in [3.05, 3.63) is 64.1 Å². The van der Waals surface area contributed by atoms with E-state index in [1.807, 2.05) is 36.4 Å². The molecule has 2 atom stereocenters. The highest BCUT2D eigenvalue weighted by atomic mass is 79.9. The molecule has 5 nitrogen and oxygen atoms in total. The van der Waals surface area contributed by atoms with Crippen molar-refractivity contribution in [1.82, 2.24) is 9.80 Å². The van der Waals surface area contributed by atoms with Gasteiger partial charge >= 0.3 is 6.09 Å². The molecule has 2 heterocycles. The second-order valence-electron chi connectivity index (χ2n) is 7.95. The minimum atomic E-state index is -0.199. The van der Waals surface area contributed by atoms with Crippen LogP contribution in [0.1, 0.15) is 17.5 Å². The quantitative estimate of drug-likeness (QED) is 0.618. The maximum atomic E-state index is 12.2. The summed E-state index contributed by atoms with van der Waals surface area (Å²) >= 11 is 3.66. The summed E-state index contributed by atoms with van der Waals surface area (Å²) in [6.45, 7) is 4.18. The van der Waals surface area contributed by atoms with Crippen molar-refractivity contribution in [2.24, 2.45) is 5.92 Å². The summed E-state index contributed by atoms with van der Waals surface area (Å²) in [5, 5.41) is 0. The molecule has 0 saturated carbocycles. The fraction of sp³-hybridized carbons (Fsp3) is 0.435. The number of hydrogen-bond donors (Lipinski definition) is 0. The van der Waals surface area contributed by atoms with Crippen LogP contribution >= 0.6 is 15.9 Å². The average Bonchev–Trinajstić information content (AvgIpc) is 3.30. The molecular weight excluding hydrogens is 432 g/mol. The van der Waals surface area contributed by atoms with Gasteiger partial charge in [0.25, 0.3) is 0 Å². The van der Waals surface area contributed by atoms with Crippen molar-refractivity contribution in [1.29, 1.82) is 0 Å². The largest absolute Gasteiger partial charge is 0.497 e. The minimum Gasteiger partial charge on any atom is -0.497 e. The molecule has 6 heteroatoms. The number of cyclic esters (lactones) is 1. The van der Waals surface area contributed by atoms with Crippen molar-refractivity contribution in [2.75, 3.05) is 33.3 Å². The Hall–Kier alpha value is -2.05. The molecule has 2 aromatic carbocycles. The number of nitrogens with zero attached hydrogens (tertiary/aromatic N) is 2. The number of hydrogen-bond acceptors (Lipinski definition) is 4. The van der Waals surface area contributed by atoms with E-state index in [9.17, 15) is 4.79 Å². The van der Waals surface area contributed by atoms with Gasteiger partial charge in [-0.05, 0) is 54.6 Å². The second-order valence-corrected chi connectivity index (χ2v) is 8.80. The van der Waals surface area contributed by atoms with E-state index in [2.05, 4.69) is 33.0 Å². The van der Waals surface area contributed by atoms with Gasteiger partial charge < -0.3 is 14.4 Å². The van der Waals surface area contributed by atoms with Gasteiger partial charge in [0, 0.05) is 24.1 Å². The summed E-state index contributed by atoms with van der Waals surface area (Å²) in [4.78, 5) is 16.5. The van der Waals surface area contributed by atoms with Gasteiger partial charge in [0.15, 0.2) is 0 Å². The van der Waals surface area contributed by atoms with E-state index < -0.39 is 0 Å². The van der Waals surface area contributed by atoms with E-state index in [1.54, 1.807) is 12.0 Å². The lowest BCUT2D eigenvalue weighted by Gasteiger charge is -2.19. The number of carbonyl (C=O) groups is 1. The second kappa shape index (κ2) is 9.18. The van der Waals surface area contributed by atoms with Crippen LogP contribution in [0.5, 0.6) is 5.75 Å². The van der Waals surface area contributed by atoms with Crippen molar-refractivity contribution in [3.8, 4) is 5.75 Å². The third kappa shape index (κ3) is 5.11. The highest BCUT2D eigenvalue weighted by Gasteiger charge is 2.34. The highest BCUT2D eigenvalue weighted by molar-refractivity contribution is 9.10. The average molecular weight is 459 g/mol. The van der Waals surface area contributed by atoms with Crippen molar-refractivity contribution < 1.29 is 14.3 Å². The van der Waals surface area contributed by atoms with Crippen LogP contribution in [0.3, 0.4) is 0 Å². The molecule has 2 aromatic rings. The molecule has 2 fully saturated rings. The molecule has 154 valence electrons. The van der Waals surface area contributed by atoms with Crippen LogP contribution in [0.15, 0.2) is 53.0 Å².